The standard InChI is InChI=1S/C12H15ClN4/c1-12(2,8-13)17(3)10-5-4-9-11(16-10)15-7-6-14-9/h4-7H,8H2,1-3H3. The molecule has 0 spiro atoms. The predicted octanol–water partition coefficient (Wildman–Crippen LogP) is 2.48. The molecule has 0 aliphatic rings. The second-order valence-corrected chi connectivity index (χ2v) is 4.84. The van der Waals surface area contributed by atoms with E-state index in [1.165, 1.54) is 0 Å². The maximum absolute atomic E-state index is 5.96. The minimum atomic E-state index is -0.148. The van der Waals surface area contributed by atoms with Gasteiger partial charge < -0.3 is 4.90 Å². The second-order valence-electron chi connectivity index (χ2n) is 4.57. The highest BCUT2D eigenvalue weighted by Gasteiger charge is 2.23. The SMILES string of the molecule is CN(c1ccc2nccnc2n1)C(C)(C)CCl. The van der Waals surface area contributed by atoms with Crippen molar-refractivity contribution in [2.75, 3.05) is 17.8 Å². The number of aromatic nitrogens is 3. The van der Waals surface area contributed by atoms with E-state index in [1.807, 2.05) is 24.1 Å². The van der Waals surface area contributed by atoms with Crippen molar-refractivity contribution in [3.8, 4) is 0 Å². The number of halogens is 1. The molecule has 0 fully saturated rings. The first-order valence-electron chi connectivity index (χ1n) is 5.42. The molecule has 4 nitrogen and oxygen atoms in total. The van der Waals surface area contributed by atoms with Gasteiger partial charge in [0.25, 0.3) is 0 Å². The molecule has 0 aromatic carbocycles. The first-order chi connectivity index (χ1) is 8.04. The molecule has 0 radical (unpaired) electrons. The maximum atomic E-state index is 5.96. The Morgan fingerprint density at radius 2 is 1.94 bits per heavy atom. The number of alkyl halides is 1. The molecule has 0 unspecified atom stereocenters. The molecule has 5 heteroatoms. The fourth-order valence-corrected chi connectivity index (χ4v) is 1.61. The average Bonchev–Trinajstić information content (AvgIpc) is 2.37. The van der Waals surface area contributed by atoms with Crippen LogP contribution in [0.4, 0.5) is 5.82 Å². The molecule has 90 valence electrons. The molecule has 0 amide bonds. The normalized spacial score (nSPS) is 11.8. The van der Waals surface area contributed by atoms with Gasteiger partial charge in [-0.05, 0) is 26.0 Å². The Labute approximate surface area is 106 Å². The van der Waals surface area contributed by atoms with Crippen molar-refractivity contribution in [2.24, 2.45) is 0 Å². The summed E-state index contributed by atoms with van der Waals surface area (Å²) in [6, 6.07) is 3.86. The van der Waals surface area contributed by atoms with Gasteiger partial charge in [-0.3, -0.25) is 4.98 Å². The van der Waals surface area contributed by atoms with Crippen molar-refractivity contribution in [3.63, 3.8) is 0 Å². The van der Waals surface area contributed by atoms with E-state index < -0.39 is 0 Å². The minimum absolute atomic E-state index is 0.148. The molecule has 0 aliphatic heterocycles. The lowest BCUT2D eigenvalue weighted by Crippen LogP contribution is -2.43. The summed E-state index contributed by atoms with van der Waals surface area (Å²) in [6.07, 6.45) is 3.31. The van der Waals surface area contributed by atoms with Crippen LogP contribution < -0.4 is 4.90 Å². The fraction of sp³-hybridized carbons (Fsp3) is 0.417. The van der Waals surface area contributed by atoms with Gasteiger partial charge in [0.1, 0.15) is 11.3 Å². The molecule has 0 aliphatic carbocycles. The molecule has 2 rings (SSSR count). The van der Waals surface area contributed by atoms with Crippen molar-refractivity contribution < 1.29 is 0 Å². The van der Waals surface area contributed by atoms with E-state index in [9.17, 15) is 0 Å². The molecule has 0 bridgehead atoms. The number of fused-ring (bicyclic) bond motifs is 1. The third-order valence-corrected chi connectivity index (χ3v) is 3.55. The molecular formula is C12H15ClN4. The summed E-state index contributed by atoms with van der Waals surface area (Å²) in [5.74, 6) is 1.38. The van der Waals surface area contributed by atoms with Gasteiger partial charge in [0, 0.05) is 30.9 Å². The largest absolute Gasteiger partial charge is 0.353 e. The van der Waals surface area contributed by atoms with Gasteiger partial charge in [-0.25, -0.2) is 9.97 Å². The van der Waals surface area contributed by atoms with Crippen molar-refractivity contribution in [1.82, 2.24) is 15.0 Å². The maximum Gasteiger partial charge on any atom is 0.180 e. The van der Waals surface area contributed by atoms with Gasteiger partial charge in [-0.15, -0.1) is 11.6 Å². The summed E-state index contributed by atoms with van der Waals surface area (Å²) < 4.78 is 0. The minimum Gasteiger partial charge on any atom is -0.353 e. The first-order valence-corrected chi connectivity index (χ1v) is 5.95. The van der Waals surface area contributed by atoms with E-state index in [0.717, 1.165) is 11.3 Å². The van der Waals surface area contributed by atoms with Gasteiger partial charge in [-0.2, -0.15) is 0 Å². The van der Waals surface area contributed by atoms with Crippen LogP contribution in [0.25, 0.3) is 11.2 Å². The molecule has 0 saturated carbocycles. The van der Waals surface area contributed by atoms with Crippen molar-refractivity contribution in [2.45, 2.75) is 19.4 Å². The molecule has 2 aromatic heterocycles. The van der Waals surface area contributed by atoms with E-state index in [4.69, 9.17) is 11.6 Å². The smallest absolute Gasteiger partial charge is 0.180 e. The Morgan fingerprint density at radius 3 is 2.65 bits per heavy atom. The quantitative estimate of drug-likeness (QED) is 0.785. The van der Waals surface area contributed by atoms with Crippen LogP contribution in [-0.4, -0.2) is 33.4 Å². The van der Waals surface area contributed by atoms with E-state index >= 15 is 0 Å². The van der Waals surface area contributed by atoms with Crippen LogP contribution in [0.1, 0.15) is 13.8 Å². The summed E-state index contributed by atoms with van der Waals surface area (Å²) in [6.45, 7) is 4.14. The first kappa shape index (κ1) is 12.0. The Morgan fingerprint density at radius 1 is 1.24 bits per heavy atom. The molecule has 17 heavy (non-hydrogen) atoms. The lowest BCUT2D eigenvalue weighted by molar-refractivity contribution is 0.541. The summed E-state index contributed by atoms with van der Waals surface area (Å²) in [4.78, 5) is 14.9. The zero-order valence-electron chi connectivity index (χ0n) is 10.2. The van der Waals surface area contributed by atoms with E-state index in [1.54, 1.807) is 12.4 Å². The Bertz CT molecular complexity index is 527. The fourth-order valence-electron chi connectivity index (χ4n) is 1.43. The van der Waals surface area contributed by atoms with Gasteiger partial charge in [0.15, 0.2) is 5.65 Å². The molecule has 2 heterocycles. The molecule has 0 atom stereocenters. The molecule has 0 saturated heterocycles. The van der Waals surface area contributed by atoms with E-state index in [-0.39, 0.29) is 5.54 Å². The number of anilines is 1. The molecular weight excluding hydrogens is 236 g/mol. The monoisotopic (exact) mass is 250 g/mol. The van der Waals surface area contributed by atoms with Crippen LogP contribution in [0.3, 0.4) is 0 Å². The van der Waals surface area contributed by atoms with Crippen LogP contribution in [0.15, 0.2) is 24.5 Å². The van der Waals surface area contributed by atoms with Crippen LogP contribution in [-0.2, 0) is 0 Å². The summed E-state index contributed by atoms with van der Waals surface area (Å²) in [5.41, 5.74) is 1.31. The van der Waals surface area contributed by atoms with Crippen molar-refractivity contribution >= 4 is 28.6 Å². The third kappa shape index (κ3) is 2.31. The Balaban J connectivity index is 2.43. The summed E-state index contributed by atoms with van der Waals surface area (Å²) in [7, 11) is 1.98. The molecule has 0 N–H and O–H groups in total. The highest BCUT2D eigenvalue weighted by Crippen LogP contribution is 2.22. The molecule has 2 aromatic rings. The zero-order chi connectivity index (χ0) is 12.5. The van der Waals surface area contributed by atoms with Crippen LogP contribution >= 0.6 is 11.6 Å². The number of pyridine rings is 1. The highest BCUT2D eigenvalue weighted by molar-refractivity contribution is 6.18. The van der Waals surface area contributed by atoms with Gasteiger partial charge in [-0.1, -0.05) is 0 Å². The second kappa shape index (κ2) is 4.45. The van der Waals surface area contributed by atoms with Crippen molar-refractivity contribution in [1.29, 1.82) is 0 Å². The summed E-state index contributed by atoms with van der Waals surface area (Å²) in [5, 5.41) is 0. The Hall–Kier alpha value is -1.42. The van der Waals surface area contributed by atoms with E-state index in [2.05, 4.69) is 28.8 Å². The van der Waals surface area contributed by atoms with Gasteiger partial charge in [0.2, 0.25) is 0 Å². The number of nitrogens with zero attached hydrogens (tertiary/aromatic N) is 4. The summed E-state index contributed by atoms with van der Waals surface area (Å²) >= 11 is 5.96. The lowest BCUT2D eigenvalue weighted by Gasteiger charge is -2.34. The van der Waals surface area contributed by atoms with Gasteiger partial charge >= 0.3 is 0 Å². The lowest BCUT2D eigenvalue weighted by atomic mass is 10.1. The van der Waals surface area contributed by atoms with Gasteiger partial charge in [0.05, 0.1) is 0 Å². The highest BCUT2D eigenvalue weighted by atomic mass is 35.5. The van der Waals surface area contributed by atoms with Crippen LogP contribution in [0, 0.1) is 0 Å². The topological polar surface area (TPSA) is 41.9 Å². The van der Waals surface area contributed by atoms with E-state index in [0.29, 0.717) is 11.5 Å². The zero-order valence-corrected chi connectivity index (χ0v) is 10.9. The Kier molecular flexibility index (Phi) is 3.15. The number of hydrogen-bond donors (Lipinski definition) is 0. The number of rotatable bonds is 3. The third-order valence-electron chi connectivity index (χ3n) is 2.90. The average molecular weight is 251 g/mol. The number of hydrogen-bond acceptors (Lipinski definition) is 4. The van der Waals surface area contributed by atoms with Crippen LogP contribution in [0.5, 0.6) is 0 Å². The van der Waals surface area contributed by atoms with Crippen molar-refractivity contribution in [3.05, 3.63) is 24.5 Å². The predicted molar refractivity (Wildman–Crippen MR) is 70.5 cm³/mol. The van der Waals surface area contributed by atoms with Crippen LogP contribution in [0.2, 0.25) is 0 Å².